The van der Waals surface area contributed by atoms with Gasteiger partial charge in [0.1, 0.15) is 0 Å². The van der Waals surface area contributed by atoms with Gasteiger partial charge in [-0.3, -0.25) is 4.98 Å². The number of aliphatic hydroxyl groups excluding tert-OH is 1. The van der Waals surface area contributed by atoms with E-state index in [1.165, 1.54) is 12.4 Å². The third-order valence-electron chi connectivity index (χ3n) is 1.60. The zero-order chi connectivity index (χ0) is 10.6. The summed E-state index contributed by atoms with van der Waals surface area (Å²) < 4.78 is 4.86. The van der Waals surface area contributed by atoms with Crippen LogP contribution >= 0.6 is 0 Å². The van der Waals surface area contributed by atoms with E-state index in [9.17, 15) is 9.90 Å². The molecule has 0 aliphatic carbocycles. The lowest BCUT2D eigenvalue weighted by molar-refractivity contribution is -0.157. The Morgan fingerprint density at radius 3 is 2.50 bits per heavy atom. The van der Waals surface area contributed by atoms with Crippen molar-refractivity contribution in [2.24, 2.45) is 0 Å². The van der Waals surface area contributed by atoms with Gasteiger partial charge < -0.3 is 9.84 Å². The average molecular weight is 195 g/mol. The maximum atomic E-state index is 11.3. The molecule has 76 valence electrons. The molecule has 0 fully saturated rings. The second-order valence-corrected chi connectivity index (χ2v) is 3.17. The molecule has 1 atom stereocenters. The first-order valence-corrected chi connectivity index (χ1v) is 4.39. The van der Waals surface area contributed by atoms with Crippen LogP contribution in [0.2, 0.25) is 0 Å². The Labute approximate surface area is 82.5 Å². The highest BCUT2D eigenvalue weighted by molar-refractivity contribution is 5.76. The molecule has 1 unspecified atom stereocenters. The van der Waals surface area contributed by atoms with Crippen molar-refractivity contribution in [3.63, 3.8) is 0 Å². The molecular weight excluding hydrogens is 182 g/mol. The van der Waals surface area contributed by atoms with Gasteiger partial charge in [-0.25, -0.2) is 4.79 Å². The van der Waals surface area contributed by atoms with E-state index in [4.69, 9.17) is 4.74 Å². The standard InChI is InChI=1S/C10H13NO3/c1-7(2)14-10(13)9(12)8-3-5-11-6-4-8/h3-7,9,12H,1-2H3. The first kappa shape index (κ1) is 10.7. The lowest BCUT2D eigenvalue weighted by Gasteiger charge is -2.12. The summed E-state index contributed by atoms with van der Waals surface area (Å²) in [6.07, 6.45) is 1.59. The first-order valence-electron chi connectivity index (χ1n) is 4.39. The van der Waals surface area contributed by atoms with E-state index < -0.39 is 12.1 Å². The second kappa shape index (κ2) is 4.72. The van der Waals surface area contributed by atoms with Crippen molar-refractivity contribution in [1.29, 1.82) is 0 Å². The molecule has 0 saturated heterocycles. The van der Waals surface area contributed by atoms with E-state index in [1.54, 1.807) is 26.0 Å². The molecule has 0 radical (unpaired) electrons. The predicted octanol–water partition coefficient (Wildman–Crippen LogP) is 1.07. The summed E-state index contributed by atoms with van der Waals surface area (Å²) >= 11 is 0. The van der Waals surface area contributed by atoms with Crippen molar-refractivity contribution in [2.75, 3.05) is 0 Å². The lowest BCUT2D eigenvalue weighted by Crippen LogP contribution is -2.19. The Bertz CT molecular complexity index is 297. The normalized spacial score (nSPS) is 12.6. The van der Waals surface area contributed by atoms with E-state index in [0.29, 0.717) is 5.56 Å². The minimum Gasteiger partial charge on any atom is -0.461 e. The summed E-state index contributed by atoms with van der Waals surface area (Å²) in [5.41, 5.74) is 0.491. The number of hydrogen-bond donors (Lipinski definition) is 1. The Morgan fingerprint density at radius 2 is 2.00 bits per heavy atom. The molecule has 0 spiro atoms. The smallest absolute Gasteiger partial charge is 0.339 e. The van der Waals surface area contributed by atoms with Crippen LogP contribution in [0.25, 0.3) is 0 Å². The third kappa shape index (κ3) is 2.81. The fourth-order valence-corrected chi connectivity index (χ4v) is 0.979. The fraction of sp³-hybridized carbons (Fsp3) is 0.400. The number of pyridine rings is 1. The van der Waals surface area contributed by atoms with Crippen LogP contribution in [0.3, 0.4) is 0 Å². The molecule has 1 N–H and O–H groups in total. The summed E-state index contributed by atoms with van der Waals surface area (Å²) in [7, 11) is 0. The van der Waals surface area contributed by atoms with Crippen molar-refractivity contribution in [1.82, 2.24) is 4.98 Å². The zero-order valence-corrected chi connectivity index (χ0v) is 8.18. The summed E-state index contributed by atoms with van der Waals surface area (Å²) in [6, 6.07) is 3.15. The highest BCUT2D eigenvalue weighted by Gasteiger charge is 2.19. The van der Waals surface area contributed by atoms with E-state index >= 15 is 0 Å². The molecule has 0 aromatic carbocycles. The van der Waals surface area contributed by atoms with Gasteiger partial charge in [0.15, 0.2) is 6.10 Å². The predicted molar refractivity (Wildman–Crippen MR) is 50.4 cm³/mol. The first-order chi connectivity index (χ1) is 6.61. The minimum atomic E-state index is -1.22. The zero-order valence-electron chi connectivity index (χ0n) is 8.18. The Balaban J connectivity index is 2.66. The number of ether oxygens (including phenoxy) is 1. The summed E-state index contributed by atoms with van der Waals surface area (Å²) in [6.45, 7) is 3.47. The molecule has 1 aromatic heterocycles. The summed E-state index contributed by atoms with van der Waals surface area (Å²) in [5, 5.41) is 9.54. The van der Waals surface area contributed by atoms with Gasteiger partial charge in [-0.15, -0.1) is 0 Å². The van der Waals surface area contributed by atoms with Crippen LogP contribution in [0.4, 0.5) is 0 Å². The summed E-state index contributed by atoms with van der Waals surface area (Å²) in [4.78, 5) is 15.0. The molecule has 4 heteroatoms. The van der Waals surface area contributed by atoms with Gasteiger partial charge in [0, 0.05) is 12.4 Å². The number of carbonyl (C=O) groups is 1. The molecule has 0 bridgehead atoms. The molecule has 0 aliphatic rings. The molecule has 0 saturated carbocycles. The number of carbonyl (C=O) groups excluding carboxylic acids is 1. The van der Waals surface area contributed by atoms with Gasteiger partial charge in [-0.05, 0) is 31.5 Å². The maximum Gasteiger partial charge on any atom is 0.339 e. The van der Waals surface area contributed by atoms with Crippen LogP contribution in [0.1, 0.15) is 25.5 Å². The van der Waals surface area contributed by atoms with Crippen LogP contribution in [0.15, 0.2) is 24.5 Å². The third-order valence-corrected chi connectivity index (χ3v) is 1.60. The van der Waals surface area contributed by atoms with Gasteiger partial charge >= 0.3 is 5.97 Å². The highest BCUT2D eigenvalue weighted by atomic mass is 16.6. The number of esters is 1. The highest BCUT2D eigenvalue weighted by Crippen LogP contribution is 2.13. The molecule has 1 aromatic rings. The fourth-order valence-electron chi connectivity index (χ4n) is 0.979. The largest absolute Gasteiger partial charge is 0.461 e. The lowest BCUT2D eigenvalue weighted by atomic mass is 10.1. The molecule has 4 nitrogen and oxygen atoms in total. The summed E-state index contributed by atoms with van der Waals surface area (Å²) in [5.74, 6) is -0.633. The van der Waals surface area contributed by atoms with E-state index in [-0.39, 0.29) is 6.10 Å². The van der Waals surface area contributed by atoms with Gasteiger partial charge in [0.2, 0.25) is 0 Å². The van der Waals surface area contributed by atoms with Crippen molar-refractivity contribution < 1.29 is 14.6 Å². The van der Waals surface area contributed by atoms with Crippen molar-refractivity contribution in [2.45, 2.75) is 26.1 Å². The van der Waals surface area contributed by atoms with Crippen LogP contribution in [-0.4, -0.2) is 22.2 Å². The van der Waals surface area contributed by atoms with Gasteiger partial charge in [0.05, 0.1) is 6.10 Å². The van der Waals surface area contributed by atoms with Crippen LogP contribution in [-0.2, 0) is 9.53 Å². The SMILES string of the molecule is CC(C)OC(=O)C(O)c1ccncc1. The molecular formula is C10H13NO3. The van der Waals surface area contributed by atoms with Crippen molar-refractivity contribution in [3.8, 4) is 0 Å². The molecule has 0 amide bonds. The maximum absolute atomic E-state index is 11.3. The van der Waals surface area contributed by atoms with Gasteiger partial charge in [0.25, 0.3) is 0 Å². The Hall–Kier alpha value is -1.42. The van der Waals surface area contributed by atoms with Crippen molar-refractivity contribution in [3.05, 3.63) is 30.1 Å². The number of hydrogen-bond acceptors (Lipinski definition) is 4. The Morgan fingerprint density at radius 1 is 1.43 bits per heavy atom. The van der Waals surface area contributed by atoms with E-state index in [0.717, 1.165) is 0 Å². The molecule has 0 aliphatic heterocycles. The second-order valence-electron chi connectivity index (χ2n) is 3.17. The number of nitrogens with zero attached hydrogens (tertiary/aromatic N) is 1. The van der Waals surface area contributed by atoms with E-state index in [2.05, 4.69) is 4.98 Å². The van der Waals surface area contributed by atoms with Gasteiger partial charge in [-0.2, -0.15) is 0 Å². The van der Waals surface area contributed by atoms with Crippen molar-refractivity contribution >= 4 is 5.97 Å². The monoisotopic (exact) mass is 195 g/mol. The molecule has 14 heavy (non-hydrogen) atoms. The number of aromatic nitrogens is 1. The minimum absolute atomic E-state index is 0.223. The van der Waals surface area contributed by atoms with E-state index in [1.807, 2.05) is 0 Å². The average Bonchev–Trinajstić information content (AvgIpc) is 2.17. The topological polar surface area (TPSA) is 59.4 Å². The van der Waals surface area contributed by atoms with Crippen LogP contribution < -0.4 is 0 Å². The molecule has 1 rings (SSSR count). The number of rotatable bonds is 3. The quantitative estimate of drug-likeness (QED) is 0.733. The van der Waals surface area contributed by atoms with Gasteiger partial charge in [-0.1, -0.05) is 0 Å². The molecule has 1 heterocycles. The number of aliphatic hydroxyl groups is 1. The van der Waals surface area contributed by atoms with Crippen LogP contribution in [0.5, 0.6) is 0 Å². The Kier molecular flexibility index (Phi) is 3.59. The van der Waals surface area contributed by atoms with Crippen LogP contribution in [0, 0.1) is 0 Å².